The molecule has 0 saturated carbocycles. The maximum atomic E-state index is 12.4. The number of Topliss-reactive ketones (excluding diaryl/α,β-unsaturated/α-hetero) is 1. The van der Waals surface area contributed by atoms with Crippen molar-refractivity contribution in [1.29, 1.82) is 0 Å². The fourth-order valence-electron chi connectivity index (χ4n) is 2.48. The van der Waals surface area contributed by atoms with Gasteiger partial charge in [0.2, 0.25) is 0 Å². The van der Waals surface area contributed by atoms with Gasteiger partial charge in [-0.15, -0.1) is 0 Å². The molecule has 5 heteroatoms. The predicted molar refractivity (Wildman–Crippen MR) is 102 cm³/mol. The van der Waals surface area contributed by atoms with Crippen LogP contribution in [0.1, 0.15) is 17.5 Å². The van der Waals surface area contributed by atoms with E-state index in [1.807, 2.05) is 54.6 Å². The summed E-state index contributed by atoms with van der Waals surface area (Å²) in [5, 5.41) is 8.91. The number of carbonyl (C=O) groups excluding carboxylic acids is 1. The maximum Gasteiger partial charge on any atom is 0.307 e. The van der Waals surface area contributed by atoms with Crippen LogP contribution in [0, 0.1) is 5.92 Å². The van der Waals surface area contributed by atoms with Crippen LogP contribution in [0.25, 0.3) is 0 Å². The van der Waals surface area contributed by atoms with Crippen molar-refractivity contribution >= 4 is 40.3 Å². The lowest BCUT2D eigenvalue weighted by Crippen LogP contribution is -2.26. The number of thiol groups is 1. The summed E-state index contributed by atoms with van der Waals surface area (Å²) in [4.78, 5) is 23.8. The van der Waals surface area contributed by atoms with Gasteiger partial charge in [-0.05, 0) is 36.1 Å². The van der Waals surface area contributed by atoms with Crippen LogP contribution >= 0.6 is 28.6 Å². The van der Waals surface area contributed by atoms with Gasteiger partial charge in [0.05, 0.1) is 11.2 Å². The van der Waals surface area contributed by atoms with E-state index < -0.39 is 17.1 Å². The number of carbonyl (C=O) groups is 2. The summed E-state index contributed by atoms with van der Waals surface area (Å²) in [6, 6.07) is 17.0. The molecule has 2 atom stereocenters. The minimum absolute atomic E-state index is 0.00504. The van der Waals surface area contributed by atoms with Crippen molar-refractivity contribution in [2.75, 3.05) is 0 Å². The number of ketones is 1. The van der Waals surface area contributed by atoms with Crippen molar-refractivity contribution in [2.45, 2.75) is 24.5 Å². The summed E-state index contributed by atoms with van der Waals surface area (Å²) in [6.45, 7) is 0. The van der Waals surface area contributed by atoms with Crippen molar-refractivity contribution in [3.8, 4) is 0 Å². The summed E-state index contributed by atoms with van der Waals surface area (Å²) in [5.74, 6) is -1.81. The van der Waals surface area contributed by atoms with Crippen molar-refractivity contribution in [3.05, 3.63) is 70.2 Å². The number of carboxylic acids is 1. The molecular formula is C19H19BrO3S. The van der Waals surface area contributed by atoms with Crippen LogP contribution in [0.15, 0.2) is 59.1 Å². The van der Waals surface area contributed by atoms with Crippen LogP contribution < -0.4 is 0 Å². The highest BCUT2D eigenvalue weighted by molar-refractivity contribution is 9.10. The minimum Gasteiger partial charge on any atom is -0.481 e. The molecule has 0 aliphatic carbocycles. The third-order valence-corrected chi connectivity index (χ3v) is 4.83. The highest BCUT2D eigenvalue weighted by atomic mass is 79.9. The van der Waals surface area contributed by atoms with E-state index in [0.29, 0.717) is 12.8 Å². The molecule has 0 aliphatic rings. The van der Waals surface area contributed by atoms with E-state index in [-0.39, 0.29) is 12.2 Å². The monoisotopic (exact) mass is 406 g/mol. The SMILES string of the molecule is O=C(CC(Cc1ccccc1)C(=O)O)C(S)Cc1ccc(Br)cc1. The first-order chi connectivity index (χ1) is 11.5. The lowest BCUT2D eigenvalue weighted by molar-refractivity contribution is -0.143. The van der Waals surface area contributed by atoms with Gasteiger partial charge in [0.25, 0.3) is 0 Å². The molecular weight excluding hydrogens is 388 g/mol. The lowest BCUT2D eigenvalue weighted by atomic mass is 9.92. The predicted octanol–water partition coefficient (Wildman–Crippen LogP) is 4.19. The highest BCUT2D eigenvalue weighted by Crippen LogP contribution is 2.19. The second-order valence-corrected chi connectivity index (χ2v) is 7.28. The van der Waals surface area contributed by atoms with Crippen LogP contribution in [-0.2, 0) is 22.4 Å². The Morgan fingerprint density at radius 3 is 2.12 bits per heavy atom. The zero-order chi connectivity index (χ0) is 17.5. The number of benzene rings is 2. The fourth-order valence-corrected chi connectivity index (χ4v) is 3.06. The molecule has 2 aromatic carbocycles. The molecule has 3 nitrogen and oxygen atoms in total. The molecule has 0 aromatic heterocycles. The number of hydrogen-bond acceptors (Lipinski definition) is 3. The zero-order valence-corrected chi connectivity index (χ0v) is 15.5. The Hall–Kier alpha value is -1.59. The molecule has 2 unspecified atom stereocenters. The van der Waals surface area contributed by atoms with Gasteiger partial charge in [0.15, 0.2) is 0 Å². The maximum absolute atomic E-state index is 12.4. The molecule has 0 radical (unpaired) electrons. The number of halogens is 1. The summed E-state index contributed by atoms with van der Waals surface area (Å²) in [5.41, 5.74) is 1.92. The van der Waals surface area contributed by atoms with Crippen molar-refractivity contribution in [3.63, 3.8) is 0 Å². The van der Waals surface area contributed by atoms with Gasteiger partial charge in [-0.1, -0.05) is 58.4 Å². The summed E-state index contributed by atoms with van der Waals surface area (Å²) in [7, 11) is 0. The van der Waals surface area contributed by atoms with E-state index in [2.05, 4.69) is 28.6 Å². The average molecular weight is 407 g/mol. The summed E-state index contributed by atoms with van der Waals surface area (Å²) >= 11 is 7.75. The van der Waals surface area contributed by atoms with Crippen LogP contribution in [0.2, 0.25) is 0 Å². The van der Waals surface area contributed by atoms with E-state index in [4.69, 9.17) is 0 Å². The highest BCUT2D eigenvalue weighted by Gasteiger charge is 2.25. The first-order valence-corrected chi connectivity index (χ1v) is 8.98. The van der Waals surface area contributed by atoms with Gasteiger partial charge in [0, 0.05) is 10.9 Å². The van der Waals surface area contributed by atoms with E-state index in [0.717, 1.165) is 15.6 Å². The molecule has 2 aromatic rings. The second-order valence-electron chi connectivity index (χ2n) is 5.74. The lowest BCUT2D eigenvalue weighted by Gasteiger charge is -2.15. The molecule has 0 saturated heterocycles. The van der Waals surface area contributed by atoms with E-state index in [1.165, 1.54) is 0 Å². The van der Waals surface area contributed by atoms with Crippen molar-refractivity contribution < 1.29 is 14.7 Å². The fraction of sp³-hybridized carbons (Fsp3) is 0.263. The van der Waals surface area contributed by atoms with Crippen LogP contribution in [0.3, 0.4) is 0 Å². The van der Waals surface area contributed by atoms with Crippen molar-refractivity contribution in [2.24, 2.45) is 5.92 Å². The molecule has 0 bridgehead atoms. The summed E-state index contributed by atoms with van der Waals surface area (Å²) in [6.07, 6.45) is 0.836. The molecule has 0 fully saturated rings. The molecule has 126 valence electrons. The number of rotatable bonds is 8. The largest absolute Gasteiger partial charge is 0.481 e. The van der Waals surface area contributed by atoms with Gasteiger partial charge < -0.3 is 5.11 Å². The van der Waals surface area contributed by atoms with Crippen LogP contribution in [0.5, 0.6) is 0 Å². The Morgan fingerprint density at radius 1 is 0.958 bits per heavy atom. The number of aliphatic carboxylic acids is 1. The van der Waals surface area contributed by atoms with E-state index in [9.17, 15) is 14.7 Å². The topological polar surface area (TPSA) is 54.4 Å². The Balaban J connectivity index is 1.96. The van der Waals surface area contributed by atoms with Crippen molar-refractivity contribution in [1.82, 2.24) is 0 Å². The molecule has 0 heterocycles. The zero-order valence-electron chi connectivity index (χ0n) is 13.1. The summed E-state index contributed by atoms with van der Waals surface area (Å²) < 4.78 is 0.974. The molecule has 0 spiro atoms. The third-order valence-electron chi connectivity index (χ3n) is 3.84. The average Bonchev–Trinajstić information content (AvgIpc) is 2.57. The van der Waals surface area contributed by atoms with Gasteiger partial charge >= 0.3 is 5.97 Å². The van der Waals surface area contributed by atoms with E-state index >= 15 is 0 Å². The van der Waals surface area contributed by atoms with Crippen LogP contribution in [-0.4, -0.2) is 22.1 Å². The van der Waals surface area contributed by atoms with Gasteiger partial charge in [0.1, 0.15) is 5.78 Å². The smallest absolute Gasteiger partial charge is 0.307 e. The Kier molecular flexibility index (Phi) is 7.06. The molecule has 0 amide bonds. The number of carboxylic acid groups (broad SMARTS) is 1. The Bertz CT molecular complexity index is 686. The van der Waals surface area contributed by atoms with Gasteiger partial charge in [-0.2, -0.15) is 12.6 Å². The second kappa shape index (κ2) is 9.04. The van der Waals surface area contributed by atoms with Gasteiger partial charge in [-0.25, -0.2) is 0 Å². The first-order valence-electron chi connectivity index (χ1n) is 7.67. The standard InChI is InChI=1S/C19H19BrO3S/c20-16-8-6-14(7-9-16)11-18(24)17(21)12-15(19(22)23)10-13-4-2-1-3-5-13/h1-9,15,18,24H,10-12H2,(H,22,23). The molecule has 2 rings (SSSR count). The van der Waals surface area contributed by atoms with Crippen LogP contribution in [0.4, 0.5) is 0 Å². The normalized spacial score (nSPS) is 13.2. The molecule has 0 aliphatic heterocycles. The van der Waals surface area contributed by atoms with E-state index in [1.54, 1.807) is 0 Å². The Morgan fingerprint density at radius 2 is 1.54 bits per heavy atom. The Labute approximate surface area is 155 Å². The van der Waals surface area contributed by atoms with Gasteiger partial charge in [-0.3, -0.25) is 9.59 Å². The first kappa shape index (κ1) is 18.7. The number of hydrogen-bond donors (Lipinski definition) is 2. The molecule has 1 N–H and O–H groups in total. The minimum atomic E-state index is -0.948. The quantitative estimate of drug-likeness (QED) is 0.646. The third kappa shape index (κ3) is 5.80. The molecule has 24 heavy (non-hydrogen) atoms.